The lowest BCUT2D eigenvalue weighted by atomic mass is 10.1. The van der Waals surface area contributed by atoms with Gasteiger partial charge in [0.25, 0.3) is 0 Å². The first-order chi connectivity index (χ1) is 6.90. The minimum Gasteiger partial charge on any atom is -0.245 e. The van der Waals surface area contributed by atoms with E-state index < -0.39 is 0 Å². The summed E-state index contributed by atoms with van der Waals surface area (Å²) in [5, 5.41) is 2.08. The molecule has 1 aromatic carbocycles. The molecule has 0 radical (unpaired) electrons. The first-order valence-electron chi connectivity index (χ1n) is 4.87. The molecule has 0 fully saturated rings. The summed E-state index contributed by atoms with van der Waals surface area (Å²) in [6.07, 6.45) is 2.37. The summed E-state index contributed by atoms with van der Waals surface area (Å²) < 4.78 is 0. The van der Waals surface area contributed by atoms with Crippen LogP contribution in [0, 0.1) is 0 Å². The van der Waals surface area contributed by atoms with Crippen LogP contribution in [0.3, 0.4) is 0 Å². The third kappa shape index (κ3) is 2.02. The minimum absolute atomic E-state index is 1.08. The van der Waals surface area contributed by atoms with Crippen LogP contribution in [0.1, 0.15) is 18.9 Å². The summed E-state index contributed by atoms with van der Waals surface area (Å²) in [6.45, 7) is 2.20. The van der Waals surface area contributed by atoms with Gasteiger partial charge in [-0.15, -0.1) is 11.3 Å². The second-order valence-corrected chi connectivity index (χ2v) is 4.04. The number of hydrogen-bond acceptors (Lipinski definition) is 2. The van der Waals surface area contributed by atoms with Gasteiger partial charge in [0.1, 0.15) is 0 Å². The van der Waals surface area contributed by atoms with Crippen LogP contribution in [0.4, 0.5) is 0 Å². The predicted molar refractivity (Wildman–Crippen MR) is 61.5 cm³/mol. The van der Waals surface area contributed by atoms with Crippen LogP contribution in [0.15, 0.2) is 35.2 Å². The van der Waals surface area contributed by atoms with Crippen molar-refractivity contribution in [3.05, 3.63) is 40.7 Å². The molecule has 2 rings (SSSR count). The highest BCUT2D eigenvalue weighted by Crippen LogP contribution is 2.19. The molecule has 72 valence electrons. The molecule has 0 saturated carbocycles. The molecule has 0 aliphatic carbocycles. The number of aryl methyl sites for hydroxylation is 1. The molecule has 0 N–H and O–H groups in total. The van der Waals surface area contributed by atoms with Crippen LogP contribution >= 0.6 is 11.3 Å². The molecule has 0 aliphatic heterocycles. The quantitative estimate of drug-likeness (QED) is 0.740. The highest BCUT2D eigenvalue weighted by molar-refractivity contribution is 7.07. The van der Waals surface area contributed by atoms with Crippen molar-refractivity contribution >= 4 is 11.3 Å². The van der Waals surface area contributed by atoms with Crippen LogP contribution < -0.4 is 0 Å². The van der Waals surface area contributed by atoms with Gasteiger partial charge in [0.05, 0.1) is 11.2 Å². The van der Waals surface area contributed by atoms with Crippen LogP contribution in [0.2, 0.25) is 0 Å². The Morgan fingerprint density at radius 3 is 2.57 bits per heavy atom. The van der Waals surface area contributed by atoms with Crippen molar-refractivity contribution in [2.24, 2.45) is 0 Å². The smallest absolute Gasteiger partial charge is 0.0811 e. The summed E-state index contributed by atoms with van der Waals surface area (Å²) in [4.78, 5) is 4.28. The molecule has 1 nitrogen and oxygen atoms in total. The molecule has 0 amide bonds. The SMILES string of the molecule is CCCc1ccc(-c2cscn2)cc1. The molecule has 0 atom stereocenters. The number of hydrogen-bond donors (Lipinski definition) is 0. The zero-order valence-corrected chi connectivity index (χ0v) is 9.05. The van der Waals surface area contributed by atoms with E-state index in [-0.39, 0.29) is 0 Å². The molecular weight excluding hydrogens is 190 g/mol. The fourth-order valence-corrected chi connectivity index (χ4v) is 2.05. The Bertz CT molecular complexity index is 375. The zero-order chi connectivity index (χ0) is 9.80. The van der Waals surface area contributed by atoms with E-state index in [0.717, 1.165) is 12.1 Å². The van der Waals surface area contributed by atoms with Gasteiger partial charge in [0.2, 0.25) is 0 Å². The lowest BCUT2D eigenvalue weighted by Crippen LogP contribution is -1.83. The average molecular weight is 203 g/mol. The van der Waals surface area contributed by atoms with Crippen LogP contribution in [-0.4, -0.2) is 4.98 Å². The molecule has 1 aromatic heterocycles. The largest absolute Gasteiger partial charge is 0.245 e. The summed E-state index contributed by atoms with van der Waals surface area (Å²) in [7, 11) is 0. The topological polar surface area (TPSA) is 12.9 Å². The maximum atomic E-state index is 4.28. The summed E-state index contributed by atoms with van der Waals surface area (Å²) in [6, 6.07) is 8.69. The molecule has 0 bridgehead atoms. The Morgan fingerprint density at radius 2 is 2.00 bits per heavy atom. The van der Waals surface area contributed by atoms with E-state index in [2.05, 4.69) is 41.6 Å². The van der Waals surface area contributed by atoms with Crippen LogP contribution in [0.5, 0.6) is 0 Å². The first kappa shape index (κ1) is 9.41. The number of thiazole rings is 1. The van der Waals surface area contributed by atoms with Gasteiger partial charge in [-0.3, -0.25) is 0 Å². The lowest BCUT2D eigenvalue weighted by molar-refractivity contribution is 0.922. The second kappa shape index (κ2) is 4.38. The molecule has 0 unspecified atom stereocenters. The zero-order valence-electron chi connectivity index (χ0n) is 8.23. The van der Waals surface area contributed by atoms with Gasteiger partial charge in [-0.2, -0.15) is 0 Å². The molecule has 1 heterocycles. The Balaban J connectivity index is 2.22. The minimum atomic E-state index is 1.08. The van der Waals surface area contributed by atoms with E-state index in [9.17, 15) is 0 Å². The molecule has 0 saturated heterocycles. The molecule has 14 heavy (non-hydrogen) atoms. The fraction of sp³-hybridized carbons (Fsp3) is 0.250. The van der Waals surface area contributed by atoms with Crippen molar-refractivity contribution in [2.45, 2.75) is 19.8 Å². The number of nitrogens with zero attached hydrogens (tertiary/aromatic N) is 1. The Kier molecular flexibility index (Phi) is 2.94. The molecular formula is C12H13NS. The van der Waals surface area contributed by atoms with E-state index in [1.54, 1.807) is 11.3 Å². The van der Waals surface area contributed by atoms with Crippen molar-refractivity contribution < 1.29 is 0 Å². The monoisotopic (exact) mass is 203 g/mol. The summed E-state index contributed by atoms with van der Waals surface area (Å²) >= 11 is 1.64. The van der Waals surface area contributed by atoms with E-state index >= 15 is 0 Å². The maximum Gasteiger partial charge on any atom is 0.0811 e. The normalized spacial score (nSPS) is 10.4. The fourth-order valence-electron chi connectivity index (χ4n) is 1.49. The van der Waals surface area contributed by atoms with Crippen molar-refractivity contribution in [3.63, 3.8) is 0 Å². The highest BCUT2D eigenvalue weighted by atomic mass is 32.1. The van der Waals surface area contributed by atoms with Crippen molar-refractivity contribution in [3.8, 4) is 11.3 Å². The lowest BCUT2D eigenvalue weighted by Gasteiger charge is -2.00. The van der Waals surface area contributed by atoms with Gasteiger partial charge >= 0.3 is 0 Å². The van der Waals surface area contributed by atoms with Crippen molar-refractivity contribution in [1.29, 1.82) is 0 Å². The predicted octanol–water partition coefficient (Wildman–Crippen LogP) is 3.76. The average Bonchev–Trinajstić information content (AvgIpc) is 2.72. The maximum absolute atomic E-state index is 4.28. The van der Waals surface area contributed by atoms with E-state index in [4.69, 9.17) is 0 Å². The third-order valence-corrected chi connectivity index (χ3v) is 2.81. The Hall–Kier alpha value is -1.15. The Morgan fingerprint density at radius 1 is 1.21 bits per heavy atom. The van der Waals surface area contributed by atoms with Crippen molar-refractivity contribution in [2.75, 3.05) is 0 Å². The molecule has 2 aromatic rings. The number of benzene rings is 1. The number of rotatable bonds is 3. The highest BCUT2D eigenvalue weighted by Gasteiger charge is 1.98. The van der Waals surface area contributed by atoms with Gasteiger partial charge < -0.3 is 0 Å². The van der Waals surface area contributed by atoms with E-state index in [1.165, 1.54) is 17.5 Å². The van der Waals surface area contributed by atoms with Gasteiger partial charge in [0.15, 0.2) is 0 Å². The second-order valence-electron chi connectivity index (χ2n) is 3.32. The van der Waals surface area contributed by atoms with Crippen molar-refractivity contribution in [1.82, 2.24) is 4.98 Å². The van der Waals surface area contributed by atoms with Crippen LogP contribution in [0.25, 0.3) is 11.3 Å². The van der Waals surface area contributed by atoms with Crippen LogP contribution in [-0.2, 0) is 6.42 Å². The summed E-state index contributed by atoms with van der Waals surface area (Å²) in [5.74, 6) is 0. The Labute approximate surface area is 88.4 Å². The van der Waals surface area contributed by atoms with Gasteiger partial charge in [-0.25, -0.2) is 4.98 Å². The standard InChI is InChI=1S/C12H13NS/c1-2-3-10-4-6-11(7-5-10)12-8-14-9-13-12/h4-9H,2-3H2,1H3. The molecule has 0 aliphatic rings. The third-order valence-electron chi connectivity index (χ3n) is 2.22. The molecule has 2 heteroatoms. The van der Waals surface area contributed by atoms with Gasteiger partial charge in [0, 0.05) is 10.9 Å². The van der Waals surface area contributed by atoms with E-state index in [0.29, 0.717) is 0 Å². The molecule has 0 spiro atoms. The number of aromatic nitrogens is 1. The first-order valence-corrected chi connectivity index (χ1v) is 5.82. The van der Waals surface area contributed by atoms with E-state index in [1.807, 2.05) is 5.51 Å². The van der Waals surface area contributed by atoms with Gasteiger partial charge in [-0.05, 0) is 12.0 Å². The van der Waals surface area contributed by atoms with Gasteiger partial charge in [-0.1, -0.05) is 37.6 Å². The summed E-state index contributed by atoms with van der Waals surface area (Å²) in [5.41, 5.74) is 5.57.